The minimum absolute atomic E-state index is 0.0354. The van der Waals surface area contributed by atoms with Gasteiger partial charge >= 0.3 is 0 Å². The summed E-state index contributed by atoms with van der Waals surface area (Å²) in [7, 11) is -2.28. The van der Waals surface area contributed by atoms with E-state index in [1.54, 1.807) is 42.7 Å². The molecule has 2 aromatic heterocycles. The molecule has 0 saturated carbocycles. The van der Waals surface area contributed by atoms with E-state index in [2.05, 4.69) is 20.5 Å². The average Bonchev–Trinajstić information content (AvgIpc) is 3.15. The summed E-state index contributed by atoms with van der Waals surface area (Å²) in [6, 6.07) is 12.7. The number of H-pyrrole nitrogens is 1. The predicted molar refractivity (Wildman–Crippen MR) is 95.9 cm³/mol. The molecule has 3 rings (SSSR count). The zero-order valence-electron chi connectivity index (χ0n) is 14.0. The number of anilines is 1. The molecule has 0 aliphatic rings. The average molecular weight is 371 g/mol. The number of hydrogen-bond donors (Lipinski definition) is 2. The monoisotopic (exact) mass is 371 g/mol. The smallest absolute Gasteiger partial charge is 0.256 e. The largest absolute Gasteiger partial charge is 0.307 e. The van der Waals surface area contributed by atoms with Crippen LogP contribution in [0, 0.1) is 0 Å². The Kier molecular flexibility index (Phi) is 5.10. The van der Waals surface area contributed by atoms with E-state index in [0.717, 1.165) is 0 Å². The maximum Gasteiger partial charge on any atom is 0.256 e. The van der Waals surface area contributed by atoms with Crippen LogP contribution in [0.2, 0.25) is 0 Å². The number of aromatic amines is 1. The van der Waals surface area contributed by atoms with Gasteiger partial charge in [0.1, 0.15) is 5.82 Å². The van der Waals surface area contributed by atoms with E-state index in [1.165, 1.54) is 29.6 Å². The molecule has 9 heteroatoms. The second-order valence-electron chi connectivity index (χ2n) is 5.54. The first kappa shape index (κ1) is 17.8. The molecule has 26 heavy (non-hydrogen) atoms. The number of nitrogens with zero attached hydrogens (tertiary/aromatic N) is 3. The molecular formula is C17H17N5O3S. The summed E-state index contributed by atoms with van der Waals surface area (Å²) in [5, 5.41) is 9.15. The van der Waals surface area contributed by atoms with Crippen LogP contribution in [-0.4, -0.2) is 40.9 Å². The van der Waals surface area contributed by atoms with Crippen molar-refractivity contribution in [2.24, 2.45) is 0 Å². The molecular weight excluding hydrogens is 354 g/mol. The first-order valence-electron chi connectivity index (χ1n) is 7.74. The first-order valence-corrected chi connectivity index (χ1v) is 9.18. The van der Waals surface area contributed by atoms with Crippen LogP contribution in [0.3, 0.4) is 0 Å². The van der Waals surface area contributed by atoms with Crippen LogP contribution in [-0.2, 0) is 16.6 Å². The molecule has 0 atom stereocenters. The van der Waals surface area contributed by atoms with Gasteiger partial charge in [0.25, 0.3) is 5.91 Å². The van der Waals surface area contributed by atoms with Crippen LogP contribution in [0.25, 0.3) is 0 Å². The first-order chi connectivity index (χ1) is 12.5. The van der Waals surface area contributed by atoms with E-state index >= 15 is 0 Å². The minimum Gasteiger partial charge on any atom is -0.307 e. The predicted octanol–water partition coefficient (Wildman–Crippen LogP) is 1.88. The molecule has 0 unspecified atom stereocenters. The summed E-state index contributed by atoms with van der Waals surface area (Å²) >= 11 is 0. The van der Waals surface area contributed by atoms with Gasteiger partial charge in [-0.1, -0.05) is 12.1 Å². The third-order valence-corrected chi connectivity index (χ3v) is 5.46. The normalized spacial score (nSPS) is 11.5. The Balaban J connectivity index is 1.80. The van der Waals surface area contributed by atoms with Crippen molar-refractivity contribution >= 4 is 21.7 Å². The molecule has 8 nitrogen and oxygen atoms in total. The zero-order chi connectivity index (χ0) is 18.6. The summed E-state index contributed by atoms with van der Waals surface area (Å²) < 4.78 is 26.7. The Morgan fingerprint density at radius 3 is 2.69 bits per heavy atom. The Morgan fingerprint density at radius 1 is 1.15 bits per heavy atom. The van der Waals surface area contributed by atoms with E-state index in [1.807, 2.05) is 0 Å². The highest BCUT2D eigenvalue weighted by Crippen LogP contribution is 2.18. The number of aromatic nitrogens is 3. The molecule has 0 aliphatic heterocycles. The molecule has 3 aromatic rings. The highest BCUT2D eigenvalue weighted by molar-refractivity contribution is 7.89. The SMILES string of the molecule is CN(Cc1ccn[nH]1)S(=O)(=O)c1cccc(C(=O)Nc2ccccn2)c1. The van der Waals surface area contributed by atoms with Gasteiger partial charge in [-0.15, -0.1) is 0 Å². The summed E-state index contributed by atoms with van der Waals surface area (Å²) in [5.74, 6) is -0.0425. The summed E-state index contributed by atoms with van der Waals surface area (Å²) in [6.07, 6.45) is 3.11. The van der Waals surface area contributed by atoms with E-state index < -0.39 is 15.9 Å². The second-order valence-corrected chi connectivity index (χ2v) is 7.58. The van der Waals surface area contributed by atoms with Crippen molar-refractivity contribution in [1.82, 2.24) is 19.5 Å². The number of benzene rings is 1. The van der Waals surface area contributed by atoms with Gasteiger partial charge in [0.2, 0.25) is 10.0 Å². The van der Waals surface area contributed by atoms with Crippen LogP contribution in [0.5, 0.6) is 0 Å². The van der Waals surface area contributed by atoms with Gasteiger partial charge in [-0.25, -0.2) is 13.4 Å². The summed E-state index contributed by atoms with van der Waals surface area (Å²) in [6.45, 7) is 0.146. The number of hydrogen-bond acceptors (Lipinski definition) is 5. The van der Waals surface area contributed by atoms with Crippen molar-refractivity contribution in [2.45, 2.75) is 11.4 Å². The number of nitrogens with one attached hydrogen (secondary N) is 2. The third-order valence-electron chi connectivity index (χ3n) is 3.66. The Hall–Kier alpha value is -3.04. The molecule has 0 spiro atoms. The Morgan fingerprint density at radius 2 is 2.00 bits per heavy atom. The topological polar surface area (TPSA) is 108 Å². The maximum atomic E-state index is 12.7. The fourth-order valence-corrected chi connectivity index (χ4v) is 3.50. The van der Waals surface area contributed by atoms with Crippen molar-refractivity contribution in [3.8, 4) is 0 Å². The van der Waals surface area contributed by atoms with Crippen molar-refractivity contribution < 1.29 is 13.2 Å². The molecule has 134 valence electrons. The standard InChI is InChI=1S/C17H17N5O3S/c1-22(12-14-8-10-19-21-14)26(24,25)15-6-4-5-13(11-15)17(23)20-16-7-2-3-9-18-16/h2-11H,12H2,1H3,(H,19,21)(H,18,20,23). The molecule has 1 aromatic carbocycles. The van der Waals surface area contributed by atoms with Gasteiger partial charge in [0.15, 0.2) is 0 Å². The molecule has 0 aliphatic carbocycles. The lowest BCUT2D eigenvalue weighted by atomic mass is 10.2. The van der Waals surface area contributed by atoms with Crippen LogP contribution < -0.4 is 5.32 Å². The summed E-state index contributed by atoms with van der Waals surface area (Å²) in [5.41, 5.74) is 0.895. The van der Waals surface area contributed by atoms with E-state index in [9.17, 15) is 13.2 Å². The number of pyridine rings is 1. The van der Waals surface area contributed by atoms with E-state index in [4.69, 9.17) is 0 Å². The quantitative estimate of drug-likeness (QED) is 0.688. The van der Waals surface area contributed by atoms with Crippen LogP contribution in [0.15, 0.2) is 65.8 Å². The molecule has 2 N–H and O–H groups in total. The lowest BCUT2D eigenvalue weighted by Crippen LogP contribution is -2.27. The second kappa shape index (κ2) is 7.46. The van der Waals surface area contributed by atoms with Crippen molar-refractivity contribution in [1.29, 1.82) is 0 Å². The van der Waals surface area contributed by atoms with Gasteiger partial charge < -0.3 is 5.32 Å². The molecule has 0 fully saturated rings. The van der Waals surface area contributed by atoms with Crippen molar-refractivity contribution in [2.75, 3.05) is 12.4 Å². The number of sulfonamides is 1. The molecule has 0 saturated heterocycles. The number of carbonyl (C=O) groups is 1. The molecule has 0 radical (unpaired) electrons. The zero-order valence-corrected chi connectivity index (χ0v) is 14.8. The molecule has 0 bridgehead atoms. The van der Waals surface area contributed by atoms with Crippen molar-refractivity contribution in [3.63, 3.8) is 0 Å². The van der Waals surface area contributed by atoms with Gasteiger partial charge in [-0.3, -0.25) is 9.89 Å². The highest BCUT2D eigenvalue weighted by Gasteiger charge is 2.22. The number of carbonyl (C=O) groups excluding carboxylic acids is 1. The number of rotatable bonds is 6. The van der Waals surface area contributed by atoms with E-state index in [-0.39, 0.29) is 17.0 Å². The fraction of sp³-hybridized carbons (Fsp3) is 0.118. The Labute approximate surface area is 150 Å². The lowest BCUT2D eigenvalue weighted by Gasteiger charge is -2.16. The van der Waals surface area contributed by atoms with Gasteiger partial charge in [0, 0.05) is 25.0 Å². The number of amides is 1. The van der Waals surface area contributed by atoms with Crippen LogP contribution >= 0.6 is 0 Å². The minimum atomic E-state index is -3.75. The third kappa shape index (κ3) is 3.95. The van der Waals surface area contributed by atoms with Crippen LogP contribution in [0.1, 0.15) is 16.1 Å². The fourth-order valence-electron chi connectivity index (χ4n) is 2.30. The van der Waals surface area contributed by atoms with Gasteiger partial charge in [-0.2, -0.15) is 9.40 Å². The lowest BCUT2D eigenvalue weighted by molar-refractivity contribution is 0.102. The molecule has 1 amide bonds. The maximum absolute atomic E-state index is 12.7. The van der Waals surface area contributed by atoms with Crippen molar-refractivity contribution in [3.05, 3.63) is 72.2 Å². The highest BCUT2D eigenvalue weighted by atomic mass is 32.2. The van der Waals surface area contributed by atoms with E-state index in [0.29, 0.717) is 11.5 Å². The van der Waals surface area contributed by atoms with Gasteiger partial charge in [0.05, 0.1) is 17.1 Å². The van der Waals surface area contributed by atoms with Crippen LogP contribution in [0.4, 0.5) is 5.82 Å². The van der Waals surface area contributed by atoms with Gasteiger partial charge in [-0.05, 0) is 36.4 Å². The molecule has 2 heterocycles. The summed E-state index contributed by atoms with van der Waals surface area (Å²) in [4.78, 5) is 16.4. The Bertz CT molecular complexity index is 988.